The summed E-state index contributed by atoms with van der Waals surface area (Å²) in [6.45, 7) is 4.20. The van der Waals surface area contributed by atoms with Gasteiger partial charge in [-0.15, -0.1) is 0 Å². The van der Waals surface area contributed by atoms with Crippen LogP contribution in [0.25, 0.3) is 0 Å². The van der Waals surface area contributed by atoms with Gasteiger partial charge in [-0.1, -0.05) is 19.1 Å². The van der Waals surface area contributed by atoms with Crippen molar-refractivity contribution >= 4 is 0 Å². The molecule has 0 radical (unpaired) electrons. The van der Waals surface area contributed by atoms with Crippen molar-refractivity contribution in [2.75, 3.05) is 0 Å². The SMILES string of the molecule is C/C=C\[C@@H]1CC[C@H](O)[C@@H](C)C1. The highest BCUT2D eigenvalue weighted by Crippen LogP contribution is 2.29. The first-order valence-corrected chi connectivity index (χ1v) is 4.55. The molecule has 1 aliphatic rings. The molecule has 0 aromatic heterocycles. The molecule has 64 valence electrons. The largest absolute Gasteiger partial charge is 0.393 e. The van der Waals surface area contributed by atoms with Gasteiger partial charge in [0, 0.05) is 0 Å². The van der Waals surface area contributed by atoms with Gasteiger partial charge in [0.05, 0.1) is 6.10 Å². The summed E-state index contributed by atoms with van der Waals surface area (Å²) in [5.41, 5.74) is 0. The van der Waals surface area contributed by atoms with Gasteiger partial charge in [-0.3, -0.25) is 0 Å². The smallest absolute Gasteiger partial charge is 0.0566 e. The topological polar surface area (TPSA) is 20.2 Å². The van der Waals surface area contributed by atoms with Crippen LogP contribution in [0.2, 0.25) is 0 Å². The van der Waals surface area contributed by atoms with Crippen LogP contribution in [-0.2, 0) is 0 Å². The molecule has 0 aromatic rings. The van der Waals surface area contributed by atoms with Gasteiger partial charge in [-0.2, -0.15) is 0 Å². The van der Waals surface area contributed by atoms with Crippen molar-refractivity contribution in [3.8, 4) is 0 Å². The van der Waals surface area contributed by atoms with Gasteiger partial charge in [0.25, 0.3) is 0 Å². The zero-order valence-electron chi connectivity index (χ0n) is 7.46. The van der Waals surface area contributed by atoms with Crippen LogP contribution < -0.4 is 0 Å². The Hall–Kier alpha value is -0.300. The van der Waals surface area contributed by atoms with Gasteiger partial charge < -0.3 is 5.11 Å². The van der Waals surface area contributed by atoms with E-state index in [-0.39, 0.29) is 6.10 Å². The second kappa shape index (κ2) is 3.91. The molecule has 0 aliphatic heterocycles. The standard InChI is InChI=1S/C10H18O/c1-3-4-9-5-6-10(11)8(2)7-9/h3-4,8-11H,5-7H2,1-2H3/b4-3-/t8-,9+,10-/m0/s1. The van der Waals surface area contributed by atoms with E-state index in [0.29, 0.717) is 5.92 Å². The van der Waals surface area contributed by atoms with Crippen molar-refractivity contribution in [2.24, 2.45) is 11.8 Å². The molecule has 1 rings (SSSR count). The predicted octanol–water partition coefficient (Wildman–Crippen LogP) is 2.36. The third-order valence-electron chi connectivity index (χ3n) is 2.63. The molecule has 0 amide bonds. The molecule has 1 saturated carbocycles. The lowest BCUT2D eigenvalue weighted by Gasteiger charge is -2.29. The van der Waals surface area contributed by atoms with E-state index in [0.717, 1.165) is 25.2 Å². The molecule has 1 fully saturated rings. The third-order valence-corrected chi connectivity index (χ3v) is 2.63. The molecular weight excluding hydrogens is 136 g/mol. The van der Waals surface area contributed by atoms with Crippen molar-refractivity contribution in [3.63, 3.8) is 0 Å². The first kappa shape index (κ1) is 8.79. The highest BCUT2D eigenvalue weighted by molar-refractivity contribution is 4.90. The van der Waals surface area contributed by atoms with Crippen molar-refractivity contribution in [1.29, 1.82) is 0 Å². The van der Waals surface area contributed by atoms with E-state index in [9.17, 15) is 5.11 Å². The molecule has 1 N–H and O–H groups in total. The van der Waals surface area contributed by atoms with E-state index >= 15 is 0 Å². The normalized spacial score (nSPS) is 39.7. The van der Waals surface area contributed by atoms with Crippen LogP contribution in [0.5, 0.6) is 0 Å². The molecule has 0 heterocycles. The minimum absolute atomic E-state index is 0.0449. The van der Waals surface area contributed by atoms with E-state index < -0.39 is 0 Å². The maximum Gasteiger partial charge on any atom is 0.0566 e. The summed E-state index contributed by atoms with van der Waals surface area (Å²) in [5, 5.41) is 9.44. The maximum atomic E-state index is 9.44. The molecular formula is C10H18O. The Morgan fingerprint density at radius 2 is 2.09 bits per heavy atom. The Morgan fingerprint density at radius 3 is 2.64 bits per heavy atom. The molecule has 0 bridgehead atoms. The van der Waals surface area contributed by atoms with Crippen LogP contribution in [0.4, 0.5) is 0 Å². The molecule has 0 aromatic carbocycles. The number of hydrogen-bond acceptors (Lipinski definition) is 1. The number of rotatable bonds is 1. The molecule has 3 atom stereocenters. The number of aliphatic hydroxyl groups excluding tert-OH is 1. The van der Waals surface area contributed by atoms with Crippen molar-refractivity contribution in [2.45, 2.75) is 39.2 Å². The lowest BCUT2D eigenvalue weighted by molar-refractivity contribution is 0.0662. The molecule has 11 heavy (non-hydrogen) atoms. The number of allylic oxidation sites excluding steroid dienone is 2. The second-order valence-electron chi connectivity index (χ2n) is 3.64. The summed E-state index contributed by atoms with van der Waals surface area (Å²) in [7, 11) is 0. The monoisotopic (exact) mass is 154 g/mol. The number of aliphatic hydroxyl groups is 1. The summed E-state index contributed by atoms with van der Waals surface area (Å²) < 4.78 is 0. The summed E-state index contributed by atoms with van der Waals surface area (Å²) >= 11 is 0. The van der Waals surface area contributed by atoms with Gasteiger partial charge in [-0.25, -0.2) is 0 Å². The summed E-state index contributed by atoms with van der Waals surface area (Å²) in [5.74, 6) is 1.21. The zero-order valence-corrected chi connectivity index (χ0v) is 7.46. The Labute approximate surface area is 69.1 Å². The van der Waals surface area contributed by atoms with Crippen molar-refractivity contribution in [3.05, 3.63) is 12.2 Å². The van der Waals surface area contributed by atoms with E-state index in [2.05, 4.69) is 26.0 Å². The molecule has 0 saturated heterocycles. The van der Waals surface area contributed by atoms with Gasteiger partial charge in [0.1, 0.15) is 0 Å². The Morgan fingerprint density at radius 1 is 1.36 bits per heavy atom. The molecule has 0 spiro atoms. The average molecular weight is 154 g/mol. The van der Waals surface area contributed by atoms with Gasteiger partial charge >= 0.3 is 0 Å². The van der Waals surface area contributed by atoms with E-state index in [4.69, 9.17) is 0 Å². The zero-order chi connectivity index (χ0) is 8.27. The second-order valence-corrected chi connectivity index (χ2v) is 3.64. The fourth-order valence-corrected chi connectivity index (χ4v) is 1.87. The highest BCUT2D eigenvalue weighted by atomic mass is 16.3. The summed E-state index contributed by atoms with van der Waals surface area (Å²) in [6.07, 6.45) is 7.64. The third kappa shape index (κ3) is 2.33. The predicted molar refractivity (Wildman–Crippen MR) is 47.3 cm³/mol. The first-order valence-electron chi connectivity index (χ1n) is 4.55. The van der Waals surface area contributed by atoms with Crippen LogP contribution in [0.1, 0.15) is 33.1 Å². The molecule has 1 heteroatoms. The van der Waals surface area contributed by atoms with Crippen LogP contribution >= 0.6 is 0 Å². The molecule has 0 unspecified atom stereocenters. The van der Waals surface area contributed by atoms with Crippen LogP contribution in [0.15, 0.2) is 12.2 Å². The van der Waals surface area contributed by atoms with Crippen LogP contribution in [-0.4, -0.2) is 11.2 Å². The summed E-state index contributed by atoms with van der Waals surface area (Å²) in [4.78, 5) is 0. The maximum absolute atomic E-state index is 9.44. The van der Waals surface area contributed by atoms with Crippen molar-refractivity contribution < 1.29 is 5.11 Å². The van der Waals surface area contributed by atoms with E-state index in [1.807, 2.05) is 0 Å². The minimum Gasteiger partial charge on any atom is -0.393 e. The van der Waals surface area contributed by atoms with E-state index in [1.54, 1.807) is 0 Å². The quantitative estimate of drug-likeness (QED) is 0.575. The van der Waals surface area contributed by atoms with Gasteiger partial charge in [0.15, 0.2) is 0 Å². The van der Waals surface area contributed by atoms with Gasteiger partial charge in [-0.05, 0) is 38.0 Å². The Bertz CT molecular complexity index is 140. The fraction of sp³-hybridized carbons (Fsp3) is 0.800. The lowest BCUT2D eigenvalue weighted by atomic mass is 9.80. The van der Waals surface area contributed by atoms with Crippen LogP contribution in [0.3, 0.4) is 0 Å². The Balaban J connectivity index is 2.39. The van der Waals surface area contributed by atoms with Crippen molar-refractivity contribution in [1.82, 2.24) is 0 Å². The molecule has 1 aliphatic carbocycles. The van der Waals surface area contributed by atoms with E-state index in [1.165, 1.54) is 0 Å². The lowest BCUT2D eigenvalue weighted by Crippen LogP contribution is -2.26. The minimum atomic E-state index is -0.0449. The number of hydrogen-bond donors (Lipinski definition) is 1. The summed E-state index contributed by atoms with van der Waals surface area (Å²) in [6, 6.07) is 0. The average Bonchev–Trinajstić information content (AvgIpc) is 1.98. The first-order chi connectivity index (χ1) is 5.24. The Kier molecular flexibility index (Phi) is 3.13. The fourth-order valence-electron chi connectivity index (χ4n) is 1.87. The van der Waals surface area contributed by atoms with Crippen LogP contribution in [0, 0.1) is 11.8 Å². The highest BCUT2D eigenvalue weighted by Gasteiger charge is 2.23. The molecule has 1 nitrogen and oxygen atoms in total. The van der Waals surface area contributed by atoms with Gasteiger partial charge in [0.2, 0.25) is 0 Å².